The summed E-state index contributed by atoms with van der Waals surface area (Å²) in [6.45, 7) is 0.659. The van der Waals surface area contributed by atoms with Gasteiger partial charge < -0.3 is 10.1 Å². The molecule has 3 heterocycles. The van der Waals surface area contributed by atoms with Crippen LogP contribution >= 0.6 is 11.6 Å². The molecule has 0 spiro atoms. The topological polar surface area (TPSA) is 88.6 Å². The maximum Gasteiger partial charge on any atom is 0.222 e. The fourth-order valence-corrected chi connectivity index (χ4v) is 2.13. The van der Waals surface area contributed by atoms with Crippen molar-refractivity contribution < 1.29 is 4.74 Å². The Morgan fingerprint density at radius 1 is 1.32 bits per heavy atom. The Labute approximate surface area is 114 Å². The van der Waals surface area contributed by atoms with Gasteiger partial charge in [0.05, 0.1) is 23.5 Å². The Morgan fingerprint density at radius 2 is 2.16 bits per heavy atom. The monoisotopic (exact) mass is 280 g/mol. The smallest absolute Gasteiger partial charge is 0.222 e. The van der Waals surface area contributed by atoms with E-state index in [1.54, 1.807) is 12.4 Å². The number of nitrogens with one attached hydrogen (secondary N) is 2. The summed E-state index contributed by atoms with van der Waals surface area (Å²) in [5, 5.41) is 10.3. The summed E-state index contributed by atoms with van der Waals surface area (Å²) in [5.41, 5.74) is 0. The van der Waals surface area contributed by atoms with Gasteiger partial charge in [-0.1, -0.05) is 11.6 Å². The summed E-state index contributed by atoms with van der Waals surface area (Å²) in [4.78, 5) is 12.2. The predicted octanol–water partition coefficient (Wildman–Crippen LogP) is 1.58. The summed E-state index contributed by atoms with van der Waals surface area (Å²) in [7, 11) is 0. The molecule has 2 N–H and O–H groups in total. The summed E-state index contributed by atoms with van der Waals surface area (Å²) >= 11 is 5.72. The van der Waals surface area contributed by atoms with Crippen molar-refractivity contribution >= 4 is 17.5 Å². The number of aromatic amines is 1. The van der Waals surface area contributed by atoms with Gasteiger partial charge in [0.2, 0.25) is 5.95 Å². The zero-order valence-corrected chi connectivity index (χ0v) is 10.8. The van der Waals surface area contributed by atoms with E-state index in [9.17, 15) is 0 Å². The van der Waals surface area contributed by atoms with Crippen LogP contribution in [0.15, 0.2) is 18.7 Å². The maximum absolute atomic E-state index is 5.87. The molecule has 19 heavy (non-hydrogen) atoms. The summed E-state index contributed by atoms with van der Waals surface area (Å²) in [6.07, 6.45) is 6.63. The number of H-pyrrole nitrogens is 1. The molecule has 1 fully saturated rings. The van der Waals surface area contributed by atoms with Crippen LogP contribution in [0, 0.1) is 0 Å². The highest BCUT2D eigenvalue weighted by Crippen LogP contribution is 2.30. The first-order valence-electron chi connectivity index (χ1n) is 6.03. The van der Waals surface area contributed by atoms with Crippen molar-refractivity contribution in [2.75, 3.05) is 11.9 Å². The van der Waals surface area contributed by atoms with Crippen molar-refractivity contribution in [3.8, 4) is 0 Å². The highest BCUT2D eigenvalue weighted by molar-refractivity contribution is 6.30. The summed E-state index contributed by atoms with van der Waals surface area (Å²) in [5.74, 6) is 1.33. The molecule has 1 saturated heterocycles. The number of rotatable bonds is 4. The minimum atomic E-state index is 0.000404. The van der Waals surface area contributed by atoms with E-state index in [2.05, 4.69) is 30.5 Å². The van der Waals surface area contributed by atoms with Gasteiger partial charge in [0.25, 0.3) is 0 Å². The Hall–Kier alpha value is -1.73. The van der Waals surface area contributed by atoms with Gasteiger partial charge >= 0.3 is 0 Å². The predicted molar refractivity (Wildman–Crippen MR) is 68.8 cm³/mol. The fraction of sp³-hybridized carbons (Fsp3) is 0.455. The van der Waals surface area contributed by atoms with Gasteiger partial charge in [0.15, 0.2) is 5.82 Å². The van der Waals surface area contributed by atoms with Gasteiger partial charge in [-0.15, -0.1) is 0 Å². The molecule has 1 aliphatic rings. The van der Waals surface area contributed by atoms with Crippen molar-refractivity contribution in [3.63, 3.8) is 0 Å². The van der Waals surface area contributed by atoms with Crippen LogP contribution in [0.2, 0.25) is 5.02 Å². The van der Waals surface area contributed by atoms with Crippen molar-refractivity contribution in [2.24, 2.45) is 0 Å². The van der Waals surface area contributed by atoms with Gasteiger partial charge in [-0.2, -0.15) is 5.10 Å². The van der Waals surface area contributed by atoms with Crippen molar-refractivity contribution in [1.29, 1.82) is 0 Å². The van der Waals surface area contributed by atoms with Gasteiger partial charge in [-0.25, -0.2) is 15.0 Å². The first-order valence-corrected chi connectivity index (χ1v) is 6.41. The molecule has 0 aliphatic carbocycles. The highest BCUT2D eigenvalue weighted by Gasteiger charge is 2.28. The number of anilines is 1. The second-order valence-electron chi connectivity index (χ2n) is 4.30. The third kappa shape index (κ3) is 2.99. The number of hydrogen-bond acceptors (Lipinski definition) is 6. The number of ether oxygens (including phenoxy) is 1. The van der Waals surface area contributed by atoms with Crippen LogP contribution in [0.4, 0.5) is 5.95 Å². The number of hydrogen-bond donors (Lipinski definition) is 2. The van der Waals surface area contributed by atoms with Crippen LogP contribution in [-0.2, 0) is 4.74 Å². The molecule has 100 valence electrons. The van der Waals surface area contributed by atoms with E-state index in [4.69, 9.17) is 16.3 Å². The average molecular weight is 281 g/mol. The van der Waals surface area contributed by atoms with E-state index in [1.807, 2.05) is 0 Å². The molecule has 0 amide bonds. The Kier molecular flexibility index (Phi) is 3.56. The second-order valence-corrected chi connectivity index (χ2v) is 4.74. The lowest BCUT2D eigenvalue weighted by Crippen LogP contribution is -2.20. The number of halogens is 1. The Balaban J connectivity index is 1.51. The average Bonchev–Trinajstić information content (AvgIpc) is 3.09. The van der Waals surface area contributed by atoms with Crippen molar-refractivity contribution in [1.82, 2.24) is 25.1 Å². The first-order chi connectivity index (χ1) is 9.31. The molecule has 2 atom stereocenters. The Morgan fingerprint density at radius 3 is 2.89 bits per heavy atom. The lowest BCUT2D eigenvalue weighted by molar-refractivity contribution is 0.0471. The van der Waals surface area contributed by atoms with Crippen molar-refractivity contribution in [3.05, 3.63) is 29.6 Å². The van der Waals surface area contributed by atoms with Crippen LogP contribution in [0.1, 0.15) is 24.8 Å². The molecule has 0 unspecified atom stereocenters. The largest absolute Gasteiger partial charge is 0.365 e. The zero-order valence-electron chi connectivity index (χ0n) is 10.1. The molecular formula is C11H13ClN6O. The van der Waals surface area contributed by atoms with Crippen LogP contribution in [-0.4, -0.2) is 37.8 Å². The van der Waals surface area contributed by atoms with E-state index in [1.165, 1.54) is 6.33 Å². The third-order valence-corrected chi connectivity index (χ3v) is 3.15. The van der Waals surface area contributed by atoms with E-state index in [0.717, 1.165) is 18.7 Å². The van der Waals surface area contributed by atoms with E-state index in [-0.39, 0.29) is 12.2 Å². The SMILES string of the molecule is Clc1cnc(NC[C@H]2CC[C@@H](c3ncn[nH]3)O2)nc1. The standard InChI is InChI=1S/C11H13ClN6O/c12-7-3-13-11(14-4-7)15-5-8-1-2-9(19-8)10-16-6-17-18-10/h3-4,6,8-9H,1-2,5H2,(H,13,14,15)(H,16,17,18)/t8-,9+/m1/s1. The highest BCUT2D eigenvalue weighted by atomic mass is 35.5. The van der Waals surface area contributed by atoms with Gasteiger partial charge in [0, 0.05) is 6.54 Å². The Bertz CT molecular complexity index is 516. The first kappa shape index (κ1) is 12.3. The van der Waals surface area contributed by atoms with Crippen LogP contribution in [0.3, 0.4) is 0 Å². The minimum Gasteiger partial charge on any atom is -0.365 e. The molecule has 2 aromatic heterocycles. The molecule has 7 nitrogen and oxygen atoms in total. The van der Waals surface area contributed by atoms with Gasteiger partial charge in [0.1, 0.15) is 12.4 Å². The lowest BCUT2D eigenvalue weighted by atomic mass is 10.2. The molecule has 0 bridgehead atoms. The van der Waals surface area contributed by atoms with Crippen molar-refractivity contribution in [2.45, 2.75) is 25.0 Å². The second kappa shape index (κ2) is 5.50. The minimum absolute atomic E-state index is 0.000404. The summed E-state index contributed by atoms with van der Waals surface area (Å²) in [6, 6.07) is 0. The molecule has 0 radical (unpaired) electrons. The van der Waals surface area contributed by atoms with Crippen LogP contribution in [0.25, 0.3) is 0 Å². The van der Waals surface area contributed by atoms with E-state index < -0.39 is 0 Å². The summed E-state index contributed by atoms with van der Waals surface area (Å²) < 4.78 is 5.87. The van der Waals surface area contributed by atoms with Crippen LogP contribution in [0.5, 0.6) is 0 Å². The van der Waals surface area contributed by atoms with Gasteiger partial charge in [-0.05, 0) is 12.8 Å². The quantitative estimate of drug-likeness (QED) is 0.884. The molecule has 3 rings (SSSR count). The number of nitrogens with zero attached hydrogens (tertiary/aromatic N) is 4. The molecule has 8 heteroatoms. The van der Waals surface area contributed by atoms with E-state index >= 15 is 0 Å². The third-order valence-electron chi connectivity index (χ3n) is 2.95. The molecule has 0 aromatic carbocycles. The van der Waals surface area contributed by atoms with Gasteiger partial charge in [-0.3, -0.25) is 5.10 Å². The lowest BCUT2D eigenvalue weighted by Gasteiger charge is -2.12. The maximum atomic E-state index is 5.87. The van der Waals surface area contributed by atoms with Crippen LogP contribution < -0.4 is 5.32 Å². The van der Waals surface area contributed by atoms with E-state index in [0.29, 0.717) is 17.5 Å². The molecule has 0 saturated carbocycles. The normalized spacial score (nSPS) is 22.6. The molecule has 2 aromatic rings. The molecule has 1 aliphatic heterocycles. The number of aromatic nitrogens is 5. The fourth-order valence-electron chi connectivity index (χ4n) is 2.04. The molecular weight excluding hydrogens is 268 g/mol. The zero-order chi connectivity index (χ0) is 13.1.